The summed E-state index contributed by atoms with van der Waals surface area (Å²) in [4.78, 5) is 12.7. The predicted molar refractivity (Wildman–Crippen MR) is 109 cm³/mol. The lowest BCUT2D eigenvalue weighted by Crippen LogP contribution is -2.24. The predicted octanol–water partition coefficient (Wildman–Crippen LogP) is 3.15. The summed E-state index contributed by atoms with van der Waals surface area (Å²) in [5.41, 5.74) is 5.18. The normalized spacial score (nSPS) is 13.1. The topological polar surface area (TPSA) is 68.2 Å². The molecule has 1 aliphatic heterocycles. The van der Waals surface area contributed by atoms with Gasteiger partial charge in [-0.1, -0.05) is 24.3 Å². The average Bonchev–Trinajstić information content (AvgIpc) is 3.06. The number of anilines is 1. The Hall–Kier alpha value is -3.12. The molecule has 6 heteroatoms. The quantitative estimate of drug-likeness (QED) is 0.718. The molecular weight excluding hydrogens is 352 g/mol. The fraction of sp³-hybridized carbons (Fsp3) is 0.273. The van der Waals surface area contributed by atoms with E-state index >= 15 is 0 Å². The summed E-state index contributed by atoms with van der Waals surface area (Å²) in [6.45, 7) is 4.37. The van der Waals surface area contributed by atoms with E-state index in [0.29, 0.717) is 17.9 Å². The molecule has 28 heavy (non-hydrogen) atoms. The van der Waals surface area contributed by atoms with Crippen molar-refractivity contribution >= 4 is 11.7 Å². The largest absolute Gasteiger partial charge is 0.496 e. The SMILES string of the molecule is COc1ccccc1Cn1nc(NC(=O)c2ccc3c(c2)CCNC3)cc1C. The number of methoxy groups -OCH3 is 1. The highest BCUT2D eigenvalue weighted by molar-refractivity contribution is 6.04. The molecule has 1 amide bonds. The van der Waals surface area contributed by atoms with E-state index in [1.165, 1.54) is 11.1 Å². The number of aryl methyl sites for hydroxylation is 1. The molecule has 0 spiro atoms. The second-order valence-corrected chi connectivity index (χ2v) is 7.00. The van der Waals surface area contributed by atoms with Crippen molar-refractivity contribution in [3.05, 3.63) is 76.5 Å². The van der Waals surface area contributed by atoms with E-state index in [9.17, 15) is 4.79 Å². The molecular formula is C22H24N4O2. The minimum absolute atomic E-state index is 0.136. The van der Waals surface area contributed by atoms with Crippen molar-refractivity contribution in [2.24, 2.45) is 0 Å². The van der Waals surface area contributed by atoms with Gasteiger partial charge in [-0.2, -0.15) is 5.10 Å². The summed E-state index contributed by atoms with van der Waals surface area (Å²) in [5.74, 6) is 1.24. The first-order valence-corrected chi connectivity index (χ1v) is 9.44. The smallest absolute Gasteiger partial charge is 0.256 e. The monoisotopic (exact) mass is 376 g/mol. The average molecular weight is 376 g/mol. The van der Waals surface area contributed by atoms with Crippen LogP contribution in [0.5, 0.6) is 5.75 Å². The molecule has 4 rings (SSSR count). The fourth-order valence-corrected chi connectivity index (χ4v) is 3.53. The number of hydrogen-bond donors (Lipinski definition) is 2. The maximum absolute atomic E-state index is 12.7. The molecule has 0 saturated heterocycles. The van der Waals surface area contributed by atoms with Crippen molar-refractivity contribution < 1.29 is 9.53 Å². The lowest BCUT2D eigenvalue weighted by molar-refractivity contribution is 0.102. The standard InChI is InChI=1S/C22H24N4O2/c1-15-11-21(25-26(15)14-19-5-3-4-6-20(19)28-2)24-22(27)17-7-8-18-13-23-10-9-16(18)12-17/h3-8,11-12,23H,9-10,13-14H2,1-2H3,(H,24,25,27). The number of aromatic nitrogens is 2. The molecule has 2 aromatic carbocycles. The second-order valence-electron chi connectivity index (χ2n) is 7.00. The van der Waals surface area contributed by atoms with Crippen LogP contribution in [0.15, 0.2) is 48.5 Å². The van der Waals surface area contributed by atoms with Crippen LogP contribution in [-0.2, 0) is 19.5 Å². The number of ether oxygens (including phenoxy) is 1. The summed E-state index contributed by atoms with van der Waals surface area (Å²) in [6.07, 6.45) is 0.948. The van der Waals surface area contributed by atoms with Gasteiger partial charge in [0, 0.05) is 29.4 Å². The third kappa shape index (κ3) is 3.77. The van der Waals surface area contributed by atoms with Crippen LogP contribution in [0.3, 0.4) is 0 Å². The van der Waals surface area contributed by atoms with Gasteiger partial charge in [0.2, 0.25) is 0 Å². The third-order valence-corrected chi connectivity index (χ3v) is 5.09. The number of carbonyl (C=O) groups excluding carboxylic acids is 1. The maximum atomic E-state index is 12.7. The minimum Gasteiger partial charge on any atom is -0.496 e. The van der Waals surface area contributed by atoms with Crippen molar-refractivity contribution in [2.45, 2.75) is 26.4 Å². The van der Waals surface area contributed by atoms with Crippen LogP contribution < -0.4 is 15.4 Å². The van der Waals surface area contributed by atoms with Crippen LogP contribution in [-0.4, -0.2) is 29.3 Å². The summed E-state index contributed by atoms with van der Waals surface area (Å²) >= 11 is 0. The summed E-state index contributed by atoms with van der Waals surface area (Å²) in [6, 6.07) is 15.6. The van der Waals surface area contributed by atoms with Gasteiger partial charge in [-0.15, -0.1) is 0 Å². The fourth-order valence-electron chi connectivity index (χ4n) is 3.53. The Bertz CT molecular complexity index is 1010. The molecule has 0 saturated carbocycles. The van der Waals surface area contributed by atoms with Crippen LogP contribution in [0.4, 0.5) is 5.82 Å². The highest BCUT2D eigenvalue weighted by Crippen LogP contribution is 2.21. The number of carbonyl (C=O) groups is 1. The van der Waals surface area contributed by atoms with Crippen molar-refractivity contribution in [3.63, 3.8) is 0 Å². The molecule has 0 unspecified atom stereocenters. The van der Waals surface area contributed by atoms with Gasteiger partial charge < -0.3 is 15.4 Å². The van der Waals surface area contributed by atoms with Gasteiger partial charge in [-0.05, 0) is 49.2 Å². The van der Waals surface area contributed by atoms with Crippen molar-refractivity contribution in [2.75, 3.05) is 19.0 Å². The highest BCUT2D eigenvalue weighted by atomic mass is 16.5. The van der Waals surface area contributed by atoms with Crippen LogP contribution in [0, 0.1) is 6.92 Å². The Balaban J connectivity index is 1.50. The first kappa shape index (κ1) is 18.3. The van der Waals surface area contributed by atoms with Gasteiger partial charge in [0.05, 0.1) is 13.7 Å². The molecule has 144 valence electrons. The Kier molecular flexibility index (Phi) is 5.12. The molecule has 0 fully saturated rings. The van der Waals surface area contributed by atoms with E-state index in [-0.39, 0.29) is 5.91 Å². The molecule has 2 heterocycles. The molecule has 0 bridgehead atoms. The number of nitrogens with one attached hydrogen (secondary N) is 2. The zero-order valence-corrected chi connectivity index (χ0v) is 16.2. The van der Waals surface area contributed by atoms with Gasteiger partial charge in [0.25, 0.3) is 5.91 Å². The number of nitrogens with zero attached hydrogens (tertiary/aromatic N) is 2. The molecule has 2 N–H and O–H groups in total. The highest BCUT2D eigenvalue weighted by Gasteiger charge is 2.15. The number of amides is 1. The maximum Gasteiger partial charge on any atom is 0.256 e. The van der Waals surface area contributed by atoms with Gasteiger partial charge in [0.1, 0.15) is 5.75 Å². The van der Waals surface area contributed by atoms with Gasteiger partial charge in [-0.3, -0.25) is 9.48 Å². The van der Waals surface area contributed by atoms with E-state index in [4.69, 9.17) is 4.74 Å². The number of hydrogen-bond acceptors (Lipinski definition) is 4. The number of para-hydroxylation sites is 1. The van der Waals surface area contributed by atoms with Crippen LogP contribution in [0.25, 0.3) is 0 Å². The third-order valence-electron chi connectivity index (χ3n) is 5.09. The molecule has 0 atom stereocenters. The van der Waals surface area contributed by atoms with Gasteiger partial charge in [-0.25, -0.2) is 0 Å². The Morgan fingerprint density at radius 2 is 2.07 bits per heavy atom. The first-order valence-electron chi connectivity index (χ1n) is 9.44. The summed E-state index contributed by atoms with van der Waals surface area (Å²) in [5, 5.41) is 10.8. The number of rotatable bonds is 5. The molecule has 1 aromatic heterocycles. The van der Waals surface area contributed by atoms with Crippen LogP contribution >= 0.6 is 0 Å². The first-order chi connectivity index (χ1) is 13.6. The summed E-state index contributed by atoms with van der Waals surface area (Å²) < 4.78 is 7.28. The zero-order valence-electron chi connectivity index (χ0n) is 16.2. The van der Waals surface area contributed by atoms with E-state index in [1.807, 2.05) is 60.1 Å². The lowest BCUT2D eigenvalue weighted by atomic mass is 9.98. The van der Waals surface area contributed by atoms with Crippen LogP contribution in [0.1, 0.15) is 32.7 Å². The van der Waals surface area contributed by atoms with E-state index in [1.54, 1.807) is 7.11 Å². The zero-order chi connectivity index (χ0) is 19.5. The summed E-state index contributed by atoms with van der Waals surface area (Å²) in [7, 11) is 1.66. The van der Waals surface area contributed by atoms with Crippen LogP contribution in [0.2, 0.25) is 0 Å². The Morgan fingerprint density at radius 3 is 2.93 bits per heavy atom. The van der Waals surface area contributed by atoms with E-state index < -0.39 is 0 Å². The number of benzene rings is 2. The van der Waals surface area contributed by atoms with E-state index in [2.05, 4.69) is 15.7 Å². The van der Waals surface area contributed by atoms with Gasteiger partial charge in [0.15, 0.2) is 5.82 Å². The second kappa shape index (κ2) is 7.86. The molecule has 3 aromatic rings. The minimum atomic E-state index is -0.136. The van der Waals surface area contributed by atoms with Crippen molar-refractivity contribution in [1.82, 2.24) is 15.1 Å². The van der Waals surface area contributed by atoms with Crippen molar-refractivity contribution in [1.29, 1.82) is 0 Å². The lowest BCUT2D eigenvalue weighted by Gasteiger charge is -2.17. The van der Waals surface area contributed by atoms with Gasteiger partial charge >= 0.3 is 0 Å². The molecule has 1 aliphatic rings. The Labute approximate surface area is 164 Å². The molecule has 0 aliphatic carbocycles. The van der Waals surface area contributed by atoms with Crippen molar-refractivity contribution in [3.8, 4) is 5.75 Å². The molecule has 6 nitrogen and oxygen atoms in total. The Morgan fingerprint density at radius 1 is 1.21 bits per heavy atom. The number of fused-ring (bicyclic) bond motifs is 1. The van der Waals surface area contributed by atoms with E-state index in [0.717, 1.165) is 36.5 Å². The molecule has 0 radical (unpaired) electrons.